The van der Waals surface area contributed by atoms with Crippen LogP contribution in [0.1, 0.15) is 30.1 Å². The molecule has 2 rings (SSSR count). The minimum Gasteiger partial charge on any atom is -0.493 e. The first-order chi connectivity index (χ1) is 7.70. The van der Waals surface area contributed by atoms with E-state index in [1.165, 1.54) is 0 Å². The van der Waals surface area contributed by atoms with Gasteiger partial charge in [-0.25, -0.2) is 0 Å². The van der Waals surface area contributed by atoms with Crippen molar-refractivity contribution >= 4 is 11.6 Å². The maximum absolute atomic E-state index is 11.9. The predicted octanol–water partition coefficient (Wildman–Crippen LogP) is 1.56. The molecule has 86 valence electrons. The summed E-state index contributed by atoms with van der Waals surface area (Å²) in [5.41, 5.74) is 6.77. The maximum atomic E-state index is 11.9. The standard InChI is InChI=1S/C12H16N2O2/c1-2-16-11-6-3-8(13)7-10(11)12(15)14-9-4-5-9/h3,6-7,9H,2,4-5,13H2,1H3,(H,14,15). The Kier molecular flexibility index (Phi) is 2.99. The highest BCUT2D eigenvalue weighted by Crippen LogP contribution is 2.24. The molecule has 1 amide bonds. The van der Waals surface area contributed by atoms with E-state index in [1.807, 2.05) is 6.92 Å². The number of anilines is 1. The highest BCUT2D eigenvalue weighted by Gasteiger charge is 2.25. The molecule has 4 nitrogen and oxygen atoms in total. The van der Waals surface area contributed by atoms with Crippen LogP contribution in [0.15, 0.2) is 18.2 Å². The zero-order chi connectivity index (χ0) is 11.5. The minimum absolute atomic E-state index is 0.0988. The molecule has 0 heterocycles. The van der Waals surface area contributed by atoms with Crippen molar-refractivity contribution in [2.24, 2.45) is 0 Å². The van der Waals surface area contributed by atoms with Gasteiger partial charge in [0.25, 0.3) is 5.91 Å². The van der Waals surface area contributed by atoms with E-state index >= 15 is 0 Å². The van der Waals surface area contributed by atoms with E-state index in [-0.39, 0.29) is 5.91 Å². The molecule has 0 saturated heterocycles. The molecule has 0 spiro atoms. The Morgan fingerprint density at radius 1 is 1.56 bits per heavy atom. The molecule has 1 saturated carbocycles. The second kappa shape index (κ2) is 4.43. The molecule has 0 atom stereocenters. The number of carbonyl (C=O) groups is 1. The van der Waals surface area contributed by atoms with Crippen LogP contribution in [0.25, 0.3) is 0 Å². The topological polar surface area (TPSA) is 64.3 Å². The molecule has 0 radical (unpaired) electrons. The van der Waals surface area contributed by atoms with Crippen LogP contribution in [0, 0.1) is 0 Å². The summed E-state index contributed by atoms with van der Waals surface area (Å²) in [4.78, 5) is 11.9. The number of amides is 1. The fourth-order valence-corrected chi connectivity index (χ4v) is 1.50. The molecule has 0 unspecified atom stereocenters. The second-order valence-corrected chi connectivity index (χ2v) is 3.94. The first kappa shape index (κ1) is 10.8. The largest absolute Gasteiger partial charge is 0.493 e. The highest BCUT2D eigenvalue weighted by molar-refractivity contribution is 5.98. The zero-order valence-electron chi connectivity index (χ0n) is 9.32. The third kappa shape index (κ3) is 2.45. The number of ether oxygens (including phenoxy) is 1. The average molecular weight is 220 g/mol. The number of nitrogens with one attached hydrogen (secondary N) is 1. The van der Waals surface area contributed by atoms with E-state index in [0.29, 0.717) is 29.6 Å². The Morgan fingerprint density at radius 3 is 2.94 bits per heavy atom. The molecule has 1 aromatic carbocycles. The third-order valence-corrected chi connectivity index (χ3v) is 2.46. The molecule has 16 heavy (non-hydrogen) atoms. The first-order valence-electron chi connectivity index (χ1n) is 5.54. The van der Waals surface area contributed by atoms with Crippen LogP contribution in [-0.4, -0.2) is 18.6 Å². The smallest absolute Gasteiger partial charge is 0.255 e. The molecule has 0 aliphatic heterocycles. The van der Waals surface area contributed by atoms with Gasteiger partial charge in [-0.2, -0.15) is 0 Å². The SMILES string of the molecule is CCOc1ccc(N)cc1C(=O)NC1CC1. The summed E-state index contributed by atoms with van der Waals surface area (Å²) in [5, 5.41) is 2.92. The molecular formula is C12H16N2O2. The van der Waals surface area contributed by atoms with Crippen molar-refractivity contribution in [1.82, 2.24) is 5.32 Å². The number of carbonyl (C=O) groups excluding carboxylic acids is 1. The molecule has 0 bridgehead atoms. The van der Waals surface area contributed by atoms with Gasteiger partial charge in [0.15, 0.2) is 0 Å². The van der Waals surface area contributed by atoms with Crippen molar-refractivity contribution in [3.05, 3.63) is 23.8 Å². The number of hydrogen-bond acceptors (Lipinski definition) is 3. The summed E-state index contributed by atoms with van der Waals surface area (Å²) in [6.45, 7) is 2.42. The number of hydrogen-bond donors (Lipinski definition) is 2. The Morgan fingerprint density at radius 2 is 2.31 bits per heavy atom. The van der Waals surface area contributed by atoms with Crippen molar-refractivity contribution in [1.29, 1.82) is 0 Å². The molecule has 1 fully saturated rings. The number of nitrogen functional groups attached to an aromatic ring is 1. The molecular weight excluding hydrogens is 204 g/mol. The lowest BCUT2D eigenvalue weighted by Crippen LogP contribution is -2.26. The van der Waals surface area contributed by atoms with Crippen molar-refractivity contribution < 1.29 is 9.53 Å². The Hall–Kier alpha value is -1.71. The van der Waals surface area contributed by atoms with Gasteiger partial charge in [-0.1, -0.05) is 0 Å². The van der Waals surface area contributed by atoms with Crippen LogP contribution in [0.4, 0.5) is 5.69 Å². The second-order valence-electron chi connectivity index (χ2n) is 3.94. The molecule has 1 aliphatic rings. The maximum Gasteiger partial charge on any atom is 0.255 e. The summed E-state index contributed by atoms with van der Waals surface area (Å²) in [5.74, 6) is 0.494. The van der Waals surface area contributed by atoms with Crippen molar-refractivity contribution in [2.75, 3.05) is 12.3 Å². The van der Waals surface area contributed by atoms with Gasteiger partial charge in [-0.3, -0.25) is 4.79 Å². The quantitative estimate of drug-likeness (QED) is 0.757. The van der Waals surface area contributed by atoms with Gasteiger partial charge in [0.2, 0.25) is 0 Å². The normalized spacial score (nSPS) is 14.6. The van der Waals surface area contributed by atoms with Crippen LogP contribution in [-0.2, 0) is 0 Å². The lowest BCUT2D eigenvalue weighted by atomic mass is 10.1. The van der Waals surface area contributed by atoms with Crippen LogP contribution >= 0.6 is 0 Å². The van der Waals surface area contributed by atoms with Gasteiger partial charge in [0.1, 0.15) is 5.75 Å². The summed E-state index contributed by atoms with van der Waals surface area (Å²) in [6, 6.07) is 5.46. The van der Waals surface area contributed by atoms with Gasteiger partial charge < -0.3 is 15.8 Å². The monoisotopic (exact) mass is 220 g/mol. The zero-order valence-corrected chi connectivity index (χ0v) is 9.32. The lowest BCUT2D eigenvalue weighted by Gasteiger charge is -2.10. The highest BCUT2D eigenvalue weighted by atomic mass is 16.5. The van der Waals surface area contributed by atoms with E-state index in [1.54, 1.807) is 18.2 Å². The summed E-state index contributed by atoms with van der Waals surface area (Å²) in [7, 11) is 0. The van der Waals surface area contributed by atoms with Gasteiger partial charge in [0, 0.05) is 11.7 Å². The van der Waals surface area contributed by atoms with Crippen LogP contribution in [0.5, 0.6) is 5.75 Å². The van der Waals surface area contributed by atoms with Gasteiger partial charge in [-0.15, -0.1) is 0 Å². The number of benzene rings is 1. The minimum atomic E-state index is -0.0988. The van der Waals surface area contributed by atoms with Gasteiger partial charge in [-0.05, 0) is 38.0 Å². The Balaban J connectivity index is 2.20. The van der Waals surface area contributed by atoms with Gasteiger partial charge in [0.05, 0.1) is 12.2 Å². The molecule has 4 heteroatoms. The van der Waals surface area contributed by atoms with E-state index in [4.69, 9.17) is 10.5 Å². The van der Waals surface area contributed by atoms with E-state index in [9.17, 15) is 4.79 Å². The molecule has 1 aliphatic carbocycles. The van der Waals surface area contributed by atoms with Crippen molar-refractivity contribution in [3.8, 4) is 5.75 Å². The van der Waals surface area contributed by atoms with Crippen LogP contribution in [0.3, 0.4) is 0 Å². The number of rotatable bonds is 4. The summed E-state index contributed by atoms with van der Waals surface area (Å²) < 4.78 is 5.40. The molecule has 0 aromatic heterocycles. The average Bonchev–Trinajstić information content (AvgIpc) is 3.05. The summed E-state index contributed by atoms with van der Waals surface area (Å²) >= 11 is 0. The lowest BCUT2D eigenvalue weighted by molar-refractivity contribution is 0.0947. The van der Waals surface area contributed by atoms with E-state index < -0.39 is 0 Å². The third-order valence-electron chi connectivity index (χ3n) is 2.46. The van der Waals surface area contributed by atoms with Crippen LogP contribution < -0.4 is 15.8 Å². The van der Waals surface area contributed by atoms with Gasteiger partial charge >= 0.3 is 0 Å². The van der Waals surface area contributed by atoms with Crippen molar-refractivity contribution in [2.45, 2.75) is 25.8 Å². The first-order valence-corrected chi connectivity index (χ1v) is 5.54. The van der Waals surface area contributed by atoms with Crippen LogP contribution in [0.2, 0.25) is 0 Å². The fourth-order valence-electron chi connectivity index (χ4n) is 1.50. The Labute approximate surface area is 94.8 Å². The van der Waals surface area contributed by atoms with E-state index in [0.717, 1.165) is 12.8 Å². The van der Waals surface area contributed by atoms with Crippen molar-refractivity contribution in [3.63, 3.8) is 0 Å². The summed E-state index contributed by atoms with van der Waals surface area (Å²) in [6.07, 6.45) is 2.13. The molecule has 1 aromatic rings. The molecule has 3 N–H and O–H groups in total. The van der Waals surface area contributed by atoms with E-state index in [2.05, 4.69) is 5.32 Å². The Bertz CT molecular complexity index is 400. The number of nitrogens with two attached hydrogens (primary N) is 1. The fraction of sp³-hybridized carbons (Fsp3) is 0.417. The predicted molar refractivity (Wildman–Crippen MR) is 62.5 cm³/mol.